The summed E-state index contributed by atoms with van der Waals surface area (Å²) in [5, 5.41) is 22.4. The van der Waals surface area contributed by atoms with Gasteiger partial charge in [-0.2, -0.15) is 0 Å². The van der Waals surface area contributed by atoms with Crippen molar-refractivity contribution in [3.63, 3.8) is 0 Å². The van der Waals surface area contributed by atoms with Crippen LogP contribution < -0.4 is 0 Å². The number of hydrogen-bond donors (Lipinski definition) is 2. The number of ether oxygens (including phenoxy) is 1. The van der Waals surface area contributed by atoms with Crippen LogP contribution in [0.3, 0.4) is 0 Å². The summed E-state index contributed by atoms with van der Waals surface area (Å²) in [6.07, 6.45) is 12.8. The van der Waals surface area contributed by atoms with E-state index in [-0.39, 0.29) is 17.8 Å². The Kier molecular flexibility index (Phi) is 5.61. The molecule has 0 aromatic heterocycles. The van der Waals surface area contributed by atoms with Crippen LogP contribution in [-0.2, 0) is 20.7 Å². The Morgan fingerprint density at radius 2 is 1.95 bits per heavy atom. The highest BCUT2D eigenvalue weighted by Gasteiger charge is 2.62. The Balaban J connectivity index is 1.29. The van der Waals surface area contributed by atoms with Crippen molar-refractivity contribution in [1.82, 2.24) is 0 Å². The molecular formula is C32H38O5. The van der Waals surface area contributed by atoms with Crippen molar-refractivity contribution in [2.75, 3.05) is 6.61 Å². The summed E-state index contributed by atoms with van der Waals surface area (Å²) < 4.78 is 5.30. The zero-order valence-electron chi connectivity index (χ0n) is 22.2. The molecule has 5 nitrogen and oxygen atoms in total. The first-order valence-corrected chi connectivity index (χ1v) is 14.0. The molecule has 37 heavy (non-hydrogen) atoms. The lowest BCUT2D eigenvalue weighted by Crippen LogP contribution is -2.51. The number of phenols is 1. The highest BCUT2D eigenvalue weighted by atomic mass is 16.5. The Morgan fingerprint density at radius 1 is 1.14 bits per heavy atom. The zero-order valence-corrected chi connectivity index (χ0v) is 22.2. The molecule has 0 spiro atoms. The van der Waals surface area contributed by atoms with Gasteiger partial charge in [0.25, 0.3) is 0 Å². The molecule has 0 saturated heterocycles. The van der Waals surface area contributed by atoms with Crippen LogP contribution in [0, 0.1) is 22.7 Å². The lowest BCUT2D eigenvalue weighted by atomic mass is 9.52. The Labute approximate surface area is 219 Å². The van der Waals surface area contributed by atoms with Gasteiger partial charge in [0.15, 0.2) is 5.78 Å². The minimum Gasteiger partial charge on any atom is -0.508 e. The Hall–Kier alpha value is -2.66. The van der Waals surface area contributed by atoms with Crippen molar-refractivity contribution in [3.8, 4) is 5.75 Å². The van der Waals surface area contributed by atoms with Crippen molar-refractivity contribution in [3.05, 3.63) is 64.3 Å². The third-order valence-electron chi connectivity index (χ3n) is 10.8. The average Bonchev–Trinajstić information content (AvgIpc) is 3.40. The number of hydrogen-bond acceptors (Lipinski definition) is 5. The molecule has 1 unspecified atom stereocenters. The van der Waals surface area contributed by atoms with Crippen molar-refractivity contribution < 1.29 is 24.5 Å². The van der Waals surface area contributed by atoms with Gasteiger partial charge in [-0.05, 0) is 123 Å². The van der Waals surface area contributed by atoms with E-state index in [1.54, 1.807) is 6.92 Å². The highest BCUT2D eigenvalue weighted by Crippen LogP contribution is 2.66. The molecule has 2 fully saturated rings. The van der Waals surface area contributed by atoms with Gasteiger partial charge in [0.2, 0.25) is 0 Å². The normalized spacial score (nSPS) is 37.8. The van der Waals surface area contributed by atoms with Gasteiger partial charge in [-0.25, -0.2) is 0 Å². The second-order valence-corrected chi connectivity index (χ2v) is 12.3. The Morgan fingerprint density at radius 3 is 2.70 bits per heavy atom. The minimum atomic E-state index is -1.24. The fourth-order valence-corrected chi connectivity index (χ4v) is 8.76. The van der Waals surface area contributed by atoms with Gasteiger partial charge >= 0.3 is 5.97 Å². The van der Waals surface area contributed by atoms with Gasteiger partial charge in [0, 0.05) is 5.41 Å². The largest absolute Gasteiger partial charge is 0.508 e. The number of benzene rings is 1. The van der Waals surface area contributed by atoms with Crippen LogP contribution in [0.5, 0.6) is 5.75 Å². The van der Waals surface area contributed by atoms with Crippen LogP contribution in [0.4, 0.5) is 0 Å². The third kappa shape index (κ3) is 3.39. The molecular weight excluding hydrogens is 464 g/mol. The number of esters is 1. The van der Waals surface area contributed by atoms with E-state index in [1.807, 2.05) is 18.2 Å². The van der Waals surface area contributed by atoms with Gasteiger partial charge in [-0.3, -0.25) is 9.59 Å². The van der Waals surface area contributed by atoms with E-state index in [0.29, 0.717) is 36.3 Å². The van der Waals surface area contributed by atoms with E-state index in [1.165, 1.54) is 18.1 Å². The predicted octanol–water partition coefficient (Wildman–Crippen LogP) is 5.70. The molecule has 6 atom stereocenters. The molecule has 5 aliphatic rings. The summed E-state index contributed by atoms with van der Waals surface area (Å²) in [4.78, 5) is 25.5. The Bertz CT molecular complexity index is 1270. The molecule has 0 aliphatic heterocycles. The number of carbonyl (C=O) groups excluding carboxylic acids is 2. The van der Waals surface area contributed by atoms with E-state index < -0.39 is 17.0 Å². The second-order valence-electron chi connectivity index (χ2n) is 12.3. The molecule has 1 aromatic rings. The van der Waals surface area contributed by atoms with Gasteiger partial charge in [-0.1, -0.05) is 31.2 Å². The maximum absolute atomic E-state index is 12.8. The number of carbonyl (C=O) groups is 2. The number of aliphatic hydroxyl groups is 1. The number of aryl methyl sites for hydroxylation is 1. The molecule has 0 bridgehead atoms. The van der Waals surface area contributed by atoms with Crippen LogP contribution in [0.15, 0.2) is 53.1 Å². The molecule has 2 saturated carbocycles. The van der Waals surface area contributed by atoms with Crippen LogP contribution in [0.25, 0.3) is 0 Å². The number of ketones is 1. The van der Waals surface area contributed by atoms with E-state index >= 15 is 0 Å². The van der Waals surface area contributed by atoms with E-state index in [0.717, 1.165) is 55.2 Å². The molecule has 0 radical (unpaired) electrons. The fourth-order valence-electron chi connectivity index (χ4n) is 8.76. The van der Waals surface area contributed by atoms with Gasteiger partial charge in [0.1, 0.15) is 11.2 Å². The molecule has 0 amide bonds. The second kappa shape index (κ2) is 8.42. The SMILES string of the molecule is CCOC(=O)C1(C(C)=O)C=C2CC=C([C@]3(O)CC[C@H]4[C@@H]5CCc6cc(O)ccc6[C@H]5CC[C@@]43C)C=C2C1. The smallest absolute Gasteiger partial charge is 0.323 e. The molecule has 2 N–H and O–H groups in total. The summed E-state index contributed by atoms with van der Waals surface area (Å²) in [6, 6.07) is 5.88. The zero-order chi connectivity index (χ0) is 26.2. The summed E-state index contributed by atoms with van der Waals surface area (Å²) in [6.45, 7) is 5.77. The number of fused-ring (bicyclic) bond motifs is 6. The number of aromatic hydroxyl groups is 1. The number of allylic oxidation sites excluding steroid dienone is 3. The molecule has 0 heterocycles. The summed E-state index contributed by atoms with van der Waals surface area (Å²) in [5.74, 6) is 1.16. The molecule has 6 rings (SSSR count). The number of rotatable bonds is 4. The van der Waals surface area contributed by atoms with Crippen molar-refractivity contribution in [1.29, 1.82) is 0 Å². The molecule has 5 heteroatoms. The maximum Gasteiger partial charge on any atom is 0.323 e. The fraction of sp³-hybridized carbons (Fsp3) is 0.562. The standard InChI is InChI=1S/C32H38O5/c1-4-37-29(35)31(19(2)33)17-21-5-7-23(15-22(21)18-31)32(36)14-12-28-27-9-6-20-16-24(34)8-10-25(20)26(27)11-13-30(28,32)3/h7-8,10,15-17,26-28,34,36H,4-6,9,11-14,18H2,1-3H3/t26-,27-,28+,30+,31?,32-/m1/s1. The van der Waals surface area contributed by atoms with E-state index in [4.69, 9.17) is 4.74 Å². The number of Topliss-reactive ketones (excluding diaryl/α,β-unsaturated/α-hetero) is 1. The average molecular weight is 503 g/mol. The maximum atomic E-state index is 12.8. The van der Waals surface area contributed by atoms with E-state index in [9.17, 15) is 19.8 Å². The van der Waals surface area contributed by atoms with Crippen molar-refractivity contribution in [2.45, 2.75) is 83.7 Å². The lowest BCUT2D eigenvalue weighted by Gasteiger charge is -2.54. The summed E-state index contributed by atoms with van der Waals surface area (Å²) in [5.41, 5.74) is 3.26. The van der Waals surface area contributed by atoms with Crippen LogP contribution in [0.2, 0.25) is 0 Å². The monoisotopic (exact) mass is 502 g/mol. The minimum absolute atomic E-state index is 0.189. The first kappa shape index (κ1) is 24.7. The summed E-state index contributed by atoms with van der Waals surface area (Å²) in [7, 11) is 0. The third-order valence-corrected chi connectivity index (χ3v) is 10.8. The molecule has 196 valence electrons. The van der Waals surface area contributed by atoms with E-state index in [2.05, 4.69) is 25.1 Å². The van der Waals surface area contributed by atoms with Crippen LogP contribution >= 0.6 is 0 Å². The highest BCUT2D eigenvalue weighted by molar-refractivity contribution is 6.06. The topological polar surface area (TPSA) is 83.8 Å². The van der Waals surface area contributed by atoms with Crippen LogP contribution in [-0.4, -0.2) is 34.2 Å². The first-order valence-electron chi connectivity index (χ1n) is 14.0. The van der Waals surface area contributed by atoms with Crippen molar-refractivity contribution >= 4 is 11.8 Å². The molecule has 5 aliphatic carbocycles. The lowest BCUT2D eigenvalue weighted by molar-refractivity contribution is -0.155. The predicted molar refractivity (Wildman–Crippen MR) is 141 cm³/mol. The van der Waals surface area contributed by atoms with Crippen LogP contribution in [0.1, 0.15) is 82.8 Å². The summed E-state index contributed by atoms with van der Waals surface area (Å²) >= 11 is 0. The number of phenolic OH excluding ortho intramolecular Hbond substituents is 1. The van der Waals surface area contributed by atoms with Crippen molar-refractivity contribution in [2.24, 2.45) is 22.7 Å². The first-order chi connectivity index (χ1) is 17.6. The molecule has 1 aromatic carbocycles. The van der Waals surface area contributed by atoms with Gasteiger partial charge < -0.3 is 14.9 Å². The van der Waals surface area contributed by atoms with Gasteiger partial charge in [0.05, 0.1) is 12.2 Å². The quantitative estimate of drug-likeness (QED) is 0.407. The van der Waals surface area contributed by atoms with Gasteiger partial charge in [-0.15, -0.1) is 0 Å².